The number of alkyl halides is 2. The lowest BCUT2D eigenvalue weighted by Gasteiger charge is -2.13. The molecule has 3 nitrogen and oxygen atoms in total. The topological polar surface area (TPSA) is 46.5 Å². The van der Waals surface area contributed by atoms with Crippen molar-refractivity contribution in [3.63, 3.8) is 0 Å². The molecule has 0 saturated carbocycles. The van der Waals surface area contributed by atoms with E-state index in [1.54, 1.807) is 12.1 Å². The van der Waals surface area contributed by atoms with Gasteiger partial charge in [0, 0.05) is 3.57 Å². The van der Waals surface area contributed by atoms with Crippen LogP contribution in [0.2, 0.25) is 0 Å². The highest BCUT2D eigenvalue weighted by Gasteiger charge is 2.42. The van der Waals surface area contributed by atoms with Crippen LogP contribution in [0, 0.1) is 3.57 Å². The maximum Gasteiger partial charge on any atom is 0.501 e. The molecule has 0 aromatic heterocycles. The Bertz CT molecular complexity index is 609. The summed E-state index contributed by atoms with van der Waals surface area (Å²) in [4.78, 5) is 10.3. The van der Waals surface area contributed by atoms with Gasteiger partial charge in [0.2, 0.25) is 0 Å². The predicted molar refractivity (Wildman–Crippen MR) is 77.8 cm³/mol. The van der Waals surface area contributed by atoms with Crippen molar-refractivity contribution in [2.24, 2.45) is 0 Å². The Labute approximate surface area is 127 Å². The number of carboxylic acids is 1. The summed E-state index contributed by atoms with van der Waals surface area (Å²) in [5.41, 5.74) is 1.76. The van der Waals surface area contributed by atoms with Crippen molar-refractivity contribution < 1.29 is 23.4 Å². The molecule has 0 spiro atoms. The first kappa shape index (κ1) is 14.7. The van der Waals surface area contributed by atoms with Crippen LogP contribution in [0.3, 0.4) is 0 Å². The lowest BCUT2D eigenvalue weighted by atomic mass is 10.1. The molecule has 2 rings (SSSR count). The Kier molecular flexibility index (Phi) is 4.22. The average molecular weight is 390 g/mol. The Morgan fingerprint density at radius 2 is 1.45 bits per heavy atom. The van der Waals surface area contributed by atoms with E-state index in [0.29, 0.717) is 0 Å². The van der Waals surface area contributed by atoms with Gasteiger partial charge < -0.3 is 9.84 Å². The number of rotatable bonds is 4. The van der Waals surface area contributed by atoms with Crippen LogP contribution in [-0.2, 0) is 4.79 Å². The summed E-state index contributed by atoms with van der Waals surface area (Å²) in [5, 5.41) is 8.29. The molecular formula is C14H9F2IO3. The highest BCUT2D eigenvalue weighted by atomic mass is 127. The molecule has 6 heteroatoms. The van der Waals surface area contributed by atoms with Gasteiger partial charge in [-0.2, -0.15) is 8.78 Å². The van der Waals surface area contributed by atoms with Crippen molar-refractivity contribution in [2.45, 2.75) is 6.11 Å². The zero-order valence-electron chi connectivity index (χ0n) is 10.0. The van der Waals surface area contributed by atoms with Gasteiger partial charge in [0.05, 0.1) is 0 Å². The smallest absolute Gasteiger partial charge is 0.474 e. The summed E-state index contributed by atoms with van der Waals surface area (Å²) in [5.74, 6) is -2.52. The summed E-state index contributed by atoms with van der Waals surface area (Å²) in [6.07, 6.45) is -4.23. The monoisotopic (exact) mass is 390 g/mol. The number of benzene rings is 2. The van der Waals surface area contributed by atoms with Crippen LogP contribution in [0.1, 0.15) is 0 Å². The van der Waals surface area contributed by atoms with E-state index in [4.69, 9.17) is 5.11 Å². The first-order chi connectivity index (χ1) is 9.38. The SMILES string of the molecule is O=C(O)C(F)(F)Oc1ccc(-c2ccc(I)cc2)cc1. The minimum absolute atomic E-state index is 0.202. The van der Waals surface area contributed by atoms with Gasteiger partial charge in [-0.1, -0.05) is 24.3 Å². The fourth-order valence-electron chi connectivity index (χ4n) is 1.55. The summed E-state index contributed by atoms with van der Waals surface area (Å²) >= 11 is 2.18. The first-order valence-corrected chi connectivity index (χ1v) is 6.62. The van der Waals surface area contributed by atoms with E-state index in [9.17, 15) is 13.6 Å². The quantitative estimate of drug-likeness (QED) is 0.803. The molecule has 0 aliphatic heterocycles. The molecule has 1 N–H and O–H groups in total. The fourth-order valence-corrected chi connectivity index (χ4v) is 1.91. The Morgan fingerprint density at radius 3 is 1.90 bits per heavy atom. The molecule has 104 valence electrons. The highest BCUT2D eigenvalue weighted by molar-refractivity contribution is 14.1. The third kappa shape index (κ3) is 3.44. The van der Waals surface area contributed by atoms with E-state index in [2.05, 4.69) is 27.3 Å². The van der Waals surface area contributed by atoms with Crippen LogP contribution in [0.5, 0.6) is 5.75 Å². The minimum atomic E-state index is -4.23. The van der Waals surface area contributed by atoms with Crippen LogP contribution in [-0.4, -0.2) is 17.2 Å². The standard InChI is InChI=1S/C14H9F2IO3/c15-14(16,13(18)19)20-12-7-3-10(4-8-12)9-1-5-11(17)6-2-9/h1-8H,(H,18,19). The molecule has 0 heterocycles. The third-order valence-corrected chi connectivity index (χ3v) is 3.25. The second kappa shape index (κ2) is 5.74. The van der Waals surface area contributed by atoms with Gasteiger partial charge in [-0.05, 0) is 58.0 Å². The van der Waals surface area contributed by atoms with E-state index < -0.39 is 12.1 Å². The number of carboxylic acid groups (broad SMARTS) is 1. The van der Waals surface area contributed by atoms with E-state index in [1.165, 1.54) is 12.1 Å². The first-order valence-electron chi connectivity index (χ1n) is 5.55. The van der Waals surface area contributed by atoms with Crippen LogP contribution in [0.25, 0.3) is 11.1 Å². The van der Waals surface area contributed by atoms with Gasteiger partial charge >= 0.3 is 12.1 Å². The largest absolute Gasteiger partial charge is 0.501 e. The van der Waals surface area contributed by atoms with Crippen molar-refractivity contribution in [1.82, 2.24) is 0 Å². The Hall–Kier alpha value is -1.70. The van der Waals surface area contributed by atoms with Crippen molar-refractivity contribution in [3.05, 3.63) is 52.1 Å². The van der Waals surface area contributed by atoms with Gasteiger partial charge in [-0.3, -0.25) is 0 Å². The Morgan fingerprint density at radius 1 is 1.00 bits per heavy atom. The summed E-state index contributed by atoms with van der Waals surface area (Å²) in [7, 11) is 0. The molecule has 20 heavy (non-hydrogen) atoms. The van der Waals surface area contributed by atoms with Crippen molar-refractivity contribution in [3.8, 4) is 16.9 Å². The zero-order valence-corrected chi connectivity index (χ0v) is 12.2. The minimum Gasteiger partial charge on any atom is -0.474 e. The lowest BCUT2D eigenvalue weighted by molar-refractivity contribution is -0.210. The molecular weight excluding hydrogens is 381 g/mol. The van der Waals surface area contributed by atoms with Crippen molar-refractivity contribution in [2.75, 3.05) is 0 Å². The van der Waals surface area contributed by atoms with E-state index >= 15 is 0 Å². The number of aliphatic carboxylic acids is 1. The molecule has 0 aliphatic rings. The van der Waals surface area contributed by atoms with Gasteiger partial charge in [0.1, 0.15) is 5.75 Å². The van der Waals surface area contributed by atoms with Gasteiger partial charge in [-0.15, -0.1) is 0 Å². The molecule has 2 aromatic carbocycles. The third-order valence-electron chi connectivity index (χ3n) is 2.53. The van der Waals surface area contributed by atoms with Crippen LogP contribution < -0.4 is 4.74 Å². The fraction of sp³-hybridized carbons (Fsp3) is 0.0714. The predicted octanol–water partition coefficient (Wildman–Crippen LogP) is 4.01. The molecule has 2 aromatic rings. The number of carbonyl (C=O) groups is 1. The second-order valence-electron chi connectivity index (χ2n) is 3.96. The maximum atomic E-state index is 12.9. The molecule has 0 fully saturated rings. The summed E-state index contributed by atoms with van der Waals surface area (Å²) < 4.78 is 31.0. The van der Waals surface area contributed by atoms with Gasteiger partial charge in [0.15, 0.2) is 0 Å². The Balaban J connectivity index is 2.18. The molecule has 0 bridgehead atoms. The van der Waals surface area contributed by atoms with E-state index in [0.717, 1.165) is 14.7 Å². The maximum absolute atomic E-state index is 12.9. The molecule has 0 atom stereocenters. The number of halogens is 3. The second-order valence-corrected chi connectivity index (χ2v) is 5.20. The van der Waals surface area contributed by atoms with Gasteiger partial charge in [0.25, 0.3) is 0 Å². The lowest BCUT2D eigenvalue weighted by Crippen LogP contribution is -2.34. The molecule has 0 unspecified atom stereocenters. The van der Waals surface area contributed by atoms with Crippen LogP contribution in [0.15, 0.2) is 48.5 Å². The van der Waals surface area contributed by atoms with Crippen molar-refractivity contribution in [1.29, 1.82) is 0 Å². The van der Waals surface area contributed by atoms with Crippen LogP contribution >= 0.6 is 22.6 Å². The van der Waals surface area contributed by atoms with Crippen LogP contribution in [0.4, 0.5) is 8.78 Å². The molecule has 0 amide bonds. The highest BCUT2D eigenvalue weighted by Crippen LogP contribution is 2.26. The van der Waals surface area contributed by atoms with Crippen molar-refractivity contribution >= 4 is 28.6 Å². The van der Waals surface area contributed by atoms with Gasteiger partial charge in [-0.25, -0.2) is 4.79 Å². The summed E-state index contributed by atoms with van der Waals surface area (Å²) in [6, 6.07) is 13.5. The molecule has 0 saturated heterocycles. The normalized spacial score (nSPS) is 11.2. The van der Waals surface area contributed by atoms with E-state index in [1.807, 2.05) is 24.3 Å². The molecule has 0 radical (unpaired) electrons. The zero-order chi connectivity index (χ0) is 14.8. The number of hydrogen-bond donors (Lipinski definition) is 1. The average Bonchev–Trinajstić information content (AvgIpc) is 2.40. The summed E-state index contributed by atoms with van der Waals surface area (Å²) in [6.45, 7) is 0. The number of hydrogen-bond acceptors (Lipinski definition) is 2. The van der Waals surface area contributed by atoms with E-state index in [-0.39, 0.29) is 5.75 Å². The molecule has 0 aliphatic carbocycles. The number of ether oxygens (including phenoxy) is 1.